The number of nitrogens with zero attached hydrogens (tertiary/aromatic N) is 1. The lowest BCUT2D eigenvalue weighted by Crippen LogP contribution is -2.29. The second-order valence-corrected chi connectivity index (χ2v) is 6.36. The summed E-state index contributed by atoms with van der Waals surface area (Å²) in [6.07, 6.45) is 1.14. The van der Waals surface area contributed by atoms with Crippen LogP contribution in [0.3, 0.4) is 0 Å². The molecule has 0 bridgehead atoms. The number of rotatable bonds is 5. The van der Waals surface area contributed by atoms with E-state index in [4.69, 9.17) is 14.2 Å². The zero-order valence-corrected chi connectivity index (χ0v) is 15.3. The molecule has 3 rings (SSSR count). The highest BCUT2D eigenvalue weighted by Gasteiger charge is 2.19. The van der Waals surface area contributed by atoms with E-state index < -0.39 is 0 Å². The van der Waals surface area contributed by atoms with Gasteiger partial charge in [0.15, 0.2) is 11.5 Å². The molecule has 0 aliphatic carbocycles. The van der Waals surface area contributed by atoms with Gasteiger partial charge in [0.05, 0.1) is 21.3 Å². The lowest BCUT2D eigenvalue weighted by molar-refractivity contribution is 0.246. The first-order valence-electron chi connectivity index (χ1n) is 7.31. The summed E-state index contributed by atoms with van der Waals surface area (Å²) in [7, 11) is 4.93. The maximum Gasteiger partial charge on any atom is 0.203 e. The van der Waals surface area contributed by atoms with E-state index in [0.717, 1.165) is 26.1 Å². The smallest absolute Gasteiger partial charge is 0.203 e. The Hall–Kier alpha value is -1.43. The molecule has 1 aliphatic rings. The molecule has 126 valence electrons. The highest BCUT2D eigenvalue weighted by Crippen LogP contribution is 2.38. The van der Waals surface area contributed by atoms with E-state index in [1.807, 2.05) is 23.5 Å². The summed E-state index contributed by atoms with van der Waals surface area (Å²) in [5.41, 5.74) is 2.64. The average molecular weight is 356 g/mol. The Kier molecular flexibility index (Phi) is 6.16. The molecule has 23 heavy (non-hydrogen) atoms. The molecular weight excluding hydrogens is 334 g/mol. The Labute approximate surface area is 147 Å². The maximum atomic E-state index is 5.43. The number of methoxy groups -OCH3 is 3. The summed E-state index contributed by atoms with van der Waals surface area (Å²) < 4.78 is 16.2. The first kappa shape index (κ1) is 17.9. The fraction of sp³-hybridized carbons (Fsp3) is 0.412. The number of benzene rings is 1. The predicted molar refractivity (Wildman–Crippen MR) is 95.5 cm³/mol. The number of hydrogen-bond acceptors (Lipinski definition) is 5. The molecule has 1 aliphatic heterocycles. The molecule has 0 fully saturated rings. The molecule has 1 aromatic heterocycles. The number of halogens is 1. The van der Waals surface area contributed by atoms with E-state index in [0.29, 0.717) is 17.2 Å². The molecule has 0 amide bonds. The van der Waals surface area contributed by atoms with Crippen molar-refractivity contribution in [3.63, 3.8) is 0 Å². The van der Waals surface area contributed by atoms with Crippen LogP contribution in [0.2, 0.25) is 0 Å². The van der Waals surface area contributed by atoms with Gasteiger partial charge in [0.25, 0.3) is 0 Å². The fourth-order valence-corrected chi connectivity index (χ4v) is 3.82. The van der Waals surface area contributed by atoms with Gasteiger partial charge in [-0.1, -0.05) is 0 Å². The van der Waals surface area contributed by atoms with Crippen molar-refractivity contribution in [1.82, 2.24) is 4.90 Å². The zero-order chi connectivity index (χ0) is 15.5. The van der Waals surface area contributed by atoms with Crippen molar-refractivity contribution in [3.05, 3.63) is 39.6 Å². The third-order valence-corrected chi connectivity index (χ3v) is 5.04. The minimum Gasteiger partial charge on any atom is -0.493 e. The molecule has 0 radical (unpaired) electrons. The van der Waals surface area contributed by atoms with Gasteiger partial charge in [-0.2, -0.15) is 0 Å². The van der Waals surface area contributed by atoms with E-state index in [9.17, 15) is 0 Å². The van der Waals surface area contributed by atoms with Gasteiger partial charge in [-0.3, -0.25) is 4.90 Å². The topological polar surface area (TPSA) is 30.9 Å². The number of fused-ring (bicyclic) bond motifs is 1. The van der Waals surface area contributed by atoms with Crippen LogP contribution in [-0.2, 0) is 19.5 Å². The molecule has 2 heterocycles. The summed E-state index contributed by atoms with van der Waals surface area (Å²) in [6.45, 7) is 2.98. The minimum absolute atomic E-state index is 0. The summed E-state index contributed by atoms with van der Waals surface area (Å²) in [5, 5.41) is 2.19. The Morgan fingerprint density at radius 2 is 1.78 bits per heavy atom. The van der Waals surface area contributed by atoms with Crippen molar-refractivity contribution < 1.29 is 14.2 Å². The van der Waals surface area contributed by atoms with Crippen LogP contribution in [0.1, 0.15) is 16.0 Å². The monoisotopic (exact) mass is 355 g/mol. The van der Waals surface area contributed by atoms with Gasteiger partial charge in [-0.25, -0.2) is 0 Å². The Bertz CT molecular complexity index is 634. The largest absolute Gasteiger partial charge is 0.493 e. The predicted octanol–water partition coefficient (Wildman–Crippen LogP) is 3.75. The number of thiophene rings is 1. The highest BCUT2D eigenvalue weighted by molar-refractivity contribution is 7.10. The van der Waals surface area contributed by atoms with Crippen molar-refractivity contribution in [2.45, 2.75) is 19.5 Å². The SMILES string of the molecule is COc1cc(CN2CCc3sccc3C2)cc(OC)c1OC.Cl. The summed E-state index contributed by atoms with van der Waals surface area (Å²) in [5.74, 6) is 2.07. The van der Waals surface area contributed by atoms with Crippen molar-refractivity contribution in [3.8, 4) is 17.2 Å². The molecule has 0 atom stereocenters. The van der Waals surface area contributed by atoms with Gasteiger partial charge in [-0.15, -0.1) is 23.7 Å². The van der Waals surface area contributed by atoms with E-state index in [-0.39, 0.29) is 12.4 Å². The van der Waals surface area contributed by atoms with Gasteiger partial charge in [0.1, 0.15) is 0 Å². The van der Waals surface area contributed by atoms with Crippen molar-refractivity contribution in [2.75, 3.05) is 27.9 Å². The molecule has 0 saturated heterocycles. The third-order valence-electron chi connectivity index (χ3n) is 4.02. The molecule has 0 saturated carbocycles. The minimum atomic E-state index is 0. The zero-order valence-electron chi connectivity index (χ0n) is 13.6. The lowest BCUT2D eigenvalue weighted by Gasteiger charge is -2.27. The third kappa shape index (κ3) is 3.74. The van der Waals surface area contributed by atoms with E-state index in [1.165, 1.54) is 16.0 Å². The van der Waals surface area contributed by atoms with E-state index in [2.05, 4.69) is 16.3 Å². The highest BCUT2D eigenvalue weighted by atomic mass is 35.5. The summed E-state index contributed by atoms with van der Waals surface area (Å²) in [4.78, 5) is 3.98. The van der Waals surface area contributed by atoms with Crippen LogP contribution in [-0.4, -0.2) is 32.8 Å². The molecule has 0 spiro atoms. The second kappa shape index (κ2) is 7.90. The van der Waals surface area contributed by atoms with Gasteiger partial charge >= 0.3 is 0 Å². The second-order valence-electron chi connectivity index (χ2n) is 5.36. The van der Waals surface area contributed by atoms with Crippen molar-refractivity contribution >= 4 is 23.7 Å². The van der Waals surface area contributed by atoms with Gasteiger partial charge < -0.3 is 14.2 Å². The quantitative estimate of drug-likeness (QED) is 0.817. The normalized spacial score (nSPS) is 13.9. The van der Waals surface area contributed by atoms with Crippen LogP contribution in [0.5, 0.6) is 17.2 Å². The average Bonchev–Trinajstić information content (AvgIpc) is 3.01. The van der Waals surface area contributed by atoms with Crippen LogP contribution >= 0.6 is 23.7 Å². The van der Waals surface area contributed by atoms with Crippen LogP contribution in [0.4, 0.5) is 0 Å². The molecule has 0 unspecified atom stereocenters. The van der Waals surface area contributed by atoms with Crippen LogP contribution in [0.15, 0.2) is 23.6 Å². The first-order chi connectivity index (χ1) is 10.7. The lowest BCUT2D eigenvalue weighted by atomic mass is 10.1. The Balaban J connectivity index is 0.00000192. The number of hydrogen-bond donors (Lipinski definition) is 0. The van der Waals surface area contributed by atoms with Crippen molar-refractivity contribution in [2.24, 2.45) is 0 Å². The van der Waals surface area contributed by atoms with Crippen LogP contribution in [0, 0.1) is 0 Å². The fourth-order valence-electron chi connectivity index (χ4n) is 2.93. The van der Waals surface area contributed by atoms with Crippen LogP contribution in [0.25, 0.3) is 0 Å². The maximum absolute atomic E-state index is 5.43. The van der Waals surface area contributed by atoms with Crippen LogP contribution < -0.4 is 14.2 Å². The van der Waals surface area contributed by atoms with E-state index in [1.54, 1.807) is 21.3 Å². The van der Waals surface area contributed by atoms with E-state index >= 15 is 0 Å². The van der Waals surface area contributed by atoms with Gasteiger partial charge in [0.2, 0.25) is 5.75 Å². The Morgan fingerprint density at radius 3 is 2.39 bits per heavy atom. The standard InChI is InChI=1S/C17H21NO3S.ClH/c1-19-14-8-12(9-15(20-2)17(14)21-3)10-18-6-4-16-13(11-18)5-7-22-16;/h5,7-9H,4,6,10-11H2,1-3H3;1H. The summed E-state index contributed by atoms with van der Waals surface area (Å²) in [6, 6.07) is 6.30. The molecular formula is C17H22ClNO3S. The molecule has 4 nitrogen and oxygen atoms in total. The molecule has 0 N–H and O–H groups in total. The first-order valence-corrected chi connectivity index (χ1v) is 8.19. The molecule has 2 aromatic rings. The van der Waals surface area contributed by atoms with Gasteiger partial charge in [-0.05, 0) is 41.1 Å². The van der Waals surface area contributed by atoms with Gasteiger partial charge in [0, 0.05) is 24.5 Å². The Morgan fingerprint density at radius 1 is 1.09 bits per heavy atom. The number of ether oxygens (including phenoxy) is 3. The summed E-state index contributed by atoms with van der Waals surface area (Å²) >= 11 is 1.87. The molecule has 6 heteroatoms. The van der Waals surface area contributed by atoms with Crippen molar-refractivity contribution in [1.29, 1.82) is 0 Å². The molecule has 1 aromatic carbocycles.